The van der Waals surface area contributed by atoms with Gasteiger partial charge in [0.2, 0.25) is 0 Å². The first kappa shape index (κ1) is 18.6. The number of amides is 1. The van der Waals surface area contributed by atoms with E-state index < -0.39 is 0 Å². The maximum absolute atomic E-state index is 12.8. The molecule has 132 valence electrons. The van der Waals surface area contributed by atoms with Gasteiger partial charge in [-0.2, -0.15) is 0 Å². The van der Waals surface area contributed by atoms with Gasteiger partial charge in [-0.25, -0.2) is 0 Å². The van der Waals surface area contributed by atoms with Crippen molar-refractivity contribution in [2.45, 2.75) is 13.8 Å². The van der Waals surface area contributed by atoms with E-state index in [-0.39, 0.29) is 5.91 Å². The Hall–Kier alpha value is -2.75. The maximum Gasteiger partial charge on any atom is 0.254 e. The zero-order chi connectivity index (χ0) is 18.2. The largest absolute Gasteiger partial charge is 0.493 e. The number of likely N-dealkylation sites (N-methyl/N-ethyl adjacent to an activating group) is 1. The van der Waals surface area contributed by atoms with Crippen molar-refractivity contribution >= 4 is 12.0 Å². The van der Waals surface area contributed by atoms with Gasteiger partial charge in [-0.05, 0) is 37.6 Å². The van der Waals surface area contributed by atoms with Crippen LogP contribution >= 0.6 is 0 Å². The second-order valence-electron chi connectivity index (χ2n) is 5.79. The van der Waals surface area contributed by atoms with Crippen molar-refractivity contribution in [3.8, 4) is 11.5 Å². The second kappa shape index (κ2) is 8.92. The summed E-state index contributed by atoms with van der Waals surface area (Å²) < 4.78 is 10.5. The summed E-state index contributed by atoms with van der Waals surface area (Å²) in [5, 5.41) is 0. The van der Waals surface area contributed by atoms with Crippen LogP contribution in [0.4, 0.5) is 0 Å². The van der Waals surface area contributed by atoms with Crippen LogP contribution in [0.3, 0.4) is 0 Å². The molecule has 2 aromatic carbocycles. The summed E-state index contributed by atoms with van der Waals surface area (Å²) in [5.74, 6) is 1.15. The molecule has 0 aliphatic rings. The number of rotatable bonds is 7. The van der Waals surface area contributed by atoms with Gasteiger partial charge in [0.1, 0.15) is 0 Å². The van der Waals surface area contributed by atoms with Crippen molar-refractivity contribution in [1.82, 2.24) is 4.90 Å². The van der Waals surface area contributed by atoms with Gasteiger partial charge >= 0.3 is 0 Å². The lowest BCUT2D eigenvalue weighted by molar-refractivity contribution is 0.0778. The highest BCUT2D eigenvalue weighted by Gasteiger charge is 2.16. The molecule has 25 heavy (non-hydrogen) atoms. The van der Waals surface area contributed by atoms with Crippen molar-refractivity contribution in [2.24, 2.45) is 0 Å². The Labute approximate surface area is 149 Å². The monoisotopic (exact) mass is 339 g/mol. The number of ether oxygens (including phenoxy) is 2. The average Bonchev–Trinajstić information content (AvgIpc) is 2.65. The molecule has 0 spiro atoms. The molecule has 4 nitrogen and oxygen atoms in total. The van der Waals surface area contributed by atoms with Crippen LogP contribution in [0.15, 0.2) is 54.1 Å². The molecule has 0 fully saturated rings. The minimum Gasteiger partial charge on any atom is -0.493 e. The molecule has 2 rings (SSSR count). The Kier molecular flexibility index (Phi) is 6.63. The van der Waals surface area contributed by atoms with Gasteiger partial charge in [0.25, 0.3) is 5.91 Å². The highest BCUT2D eigenvalue weighted by molar-refractivity contribution is 5.95. The van der Waals surface area contributed by atoms with E-state index in [1.807, 2.05) is 36.9 Å². The third kappa shape index (κ3) is 4.86. The summed E-state index contributed by atoms with van der Waals surface area (Å²) in [5.41, 5.74) is 2.85. The van der Waals surface area contributed by atoms with E-state index in [9.17, 15) is 4.79 Å². The smallest absolute Gasteiger partial charge is 0.254 e. The molecule has 0 bridgehead atoms. The molecular formula is C21H25NO3. The number of benzene rings is 2. The van der Waals surface area contributed by atoms with Crippen molar-refractivity contribution in [1.29, 1.82) is 0 Å². The first-order valence-corrected chi connectivity index (χ1v) is 8.32. The molecule has 0 aliphatic heterocycles. The fourth-order valence-electron chi connectivity index (χ4n) is 2.66. The Balaban J connectivity index is 2.17. The highest BCUT2D eigenvalue weighted by Crippen LogP contribution is 2.28. The van der Waals surface area contributed by atoms with Crippen LogP contribution in [-0.2, 0) is 0 Å². The molecule has 0 saturated carbocycles. The number of carbonyl (C=O) groups is 1. The summed E-state index contributed by atoms with van der Waals surface area (Å²) in [6, 6.07) is 15.4. The van der Waals surface area contributed by atoms with Crippen LogP contribution in [0.5, 0.6) is 11.5 Å². The number of carbonyl (C=O) groups excluding carboxylic acids is 1. The third-order valence-corrected chi connectivity index (χ3v) is 3.95. The van der Waals surface area contributed by atoms with Crippen molar-refractivity contribution in [2.75, 3.05) is 27.3 Å². The maximum atomic E-state index is 12.8. The molecule has 0 heterocycles. The molecule has 2 aromatic rings. The van der Waals surface area contributed by atoms with E-state index in [0.717, 1.165) is 11.1 Å². The molecule has 0 radical (unpaired) electrons. The van der Waals surface area contributed by atoms with Gasteiger partial charge in [-0.1, -0.05) is 42.0 Å². The van der Waals surface area contributed by atoms with Crippen molar-refractivity contribution < 1.29 is 14.3 Å². The van der Waals surface area contributed by atoms with Gasteiger partial charge in [-0.3, -0.25) is 4.79 Å². The van der Waals surface area contributed by atoms with Crippen LogP contribution < -0.4 is 9.47 Å². The van der Waals surface area contributed by atoms with Gasteiger partial charge < -0.3 is 14.4 Å². The molecule has 0 aromatic heterocycles. The summed E-state index contributed by atoms with van der Waals surface area (Å²) in [4.78, 5) is 14.6. The molecule has 0 unspecified atom stereocenters. The SMILES string of the molecule is CCN(C/C(C)=C/c1ccccc1)C(=O)c1ccc(OC)c(OC)c1. The lowest BCUT2D eigenvalue weighted by Crippen LogP contribution is -2.32. The Bertz CT molecular complexity index is 738. The number of methoxy groups -OCH3 is 2. The van der Waals surface area contributed by atoms with Crippen LogP contribution in [0.25, 0.3) is 6.08 Å². The lowest BCUT2D eigenvalue weighted by atomic mass is 10.1. The van der Waals surface area contributed by atoms with E-state index in [2.05, 4.69) is 18.2 Å². The second-order valence-corrected chi connectivity index (χ2v) is 5.79. The van der Waals surface area contributed by atoms with E-state index in [1.165, 1.54) is 0 Å². The molecule has 0 saturated heterocycles. The zero-order valence-electron chi connectivity index (χ0n) is 15.3. The topological polar surface area (TPSA) is 38.8 Å². The standard InChI is InChI=1S/C21H25NO3/c1-5-22(15-16(2)13-17-9-7-6-8-10-17)21(23)18-11-12-19(24-3)20(14-18)25-4/h6-14H,5,15H2,1-4H3/b16-13+. The van der Waals surface area contributed by atoms with Gasteiger partial charge in [0.15, 0.2) is 11.5 Å². The summed E-state index contributed by atoms with van der Waals surface area (Å²) >= 11 is 0. The molecule has 4 heteroatoms. The van der Waals surface area contributed by atoms with E-state index >= 15 is 0 Å². The summed E-state index contributed by atoms with van der Waals surface area (Å²) in [6.45, 7) is 5.23. The van der Waals surface area contributed by atoms with E-state index in [0.29, 0.717) is 30.2 Å². The number of hydrogen-bond acceptors (Lipinski definition) is 3. The van der Waals surface area contributed by atoms with Crippen molar-refractivity contribution in [3.63, 3.8) is 0 Å². The minimum absolute atomic E-state index is 0.0238. The number of nitrogens with zero attached hydrogens (tertiary/aromatic N) is 1. The van der Waals surface area contributed by atoms with Crippen LogP contribution in [0, 0.1) is 0 Å². The number of hydrogen-bond donors (Lipinski definition) is 0. The predicted molar refractivity (Wildman–Crippen MR) is 101 cm³/mol. The third-order valence-electron chi connectivity index (χ3n) is 3.95. The quantitative estimate of drug-likeness (QED) is 0.756. The minimum atomic E-state index is -0.0238. The highest BCUT2D eigenvalue weighted by atomic mass is 16.5. The zero-order valence-corrected chi connectivity index (χ0v) is 15.3. The Morgan fingerprint density at radius 1 is 1.04 bits per heavy atom. The molecular weight excluding hydrogens is 314 g/mol. The van der Waals surface area contributed by atoms with Crippen LogP contribution in [0.1, 0.15) is 29.8 Å². The predicted octanol–water partition coefficient (Wildman–Crippen LogP) is 4.27. The fourth-order valence-corrected chi connectivity index (χ4v) is 2.66. The molecule has 0 atom stereocenters. The molecule has 0 aliphatic carbocycles. The summed E-state index contributed by atoms with van der Waals surface area (Å²) in [6.07, 6.45) is 2.10. The van der Waals surface area contributed by atoms with Crippen LogP contribution in [-0.4, -0.2) is 38.1 Å². The lowest BCUT2D eigenvalue weighted by Gasteiger charge is -2.22. The Morgan fingerprint density at radius 2 is 1.72 bits per heavy atom. The summed E-state index contributed by atoms with van der Waals surface area (Å²) in [7, 11) is 3.14. The molecule has 0 N–H and O–H groups in total. The van der Waals surface area contributed by atoms with Gasteiger partial charge in [-0.15, -0.1) is 0 Å². The normalized spacial score (nSPS) is 11.1. The first-order chi connectivity index (χ1) is 12.1. The van der Waals surface area contributed by atoms with E-state index in [1.54, 1.807) is 32.4 Å². The fraction of sp³-hybridized carbons (Fsp3) is 0.286. The van der Waals surface area contributed by atoms with Crippen molar-refractivity contribution in [3.05, 3.63) is 65.2 Å². The Morgan fingerprint density at radius 3 is 2.32 bits per heavy atom. The van der Waals surface area contributed by atoms with Gasteiger partial charge in [0, 0.05) is 18.7 Å². The molecule has 1 amide bonds. The first-order valence-electron chi connectivity index (χ1n) is 8.32. The van der Waals surface area contributed by atoms with E-state index in [4.69, 9.17) is 9.47 Å². The van der Waals surface area contributed by atoms with Gasteiger partial charge in [0.05, 0.1) is 14.2 Å². The van der Waals surface area contributed by atoms with Crippen LogP contribution in [0.2, 0.25) is 0 Å². The average molecular weight is 339 g/mol.